The number of halogens is 1. The van der Waals surface area contributed by atoms with Gasteiger partial charge in [0.15, 0.2) is 11.6 Å². The molecule has 2 saturated heterocycles. The first-order valence-electron chi connectivity index (χ1n) is 18.5. The molecule has 0 atom stereocenters. The molecule has 10 N–H and O–H groups in total. The van der Waals surface area contributed by atoms with Gasteiger partial charge in [-0.1, -0.05) is 41.6 Å². The molecule has 4 aromatic heterocycles. The third-order valence-electron chi connectivity index (χ3n) is 9.47. The van der Waals surface area contributed by atoms with Crippen molar-refractivity contribution in [3.05, 3.63) is 102 Å². The fourth-order valence-corrected chi connectivity index (χ4v) is 6.72. The maximum Gasteiger partial charge on any atom is 0.491 e. The highest BCUT2D eigenvalue weighted by atomic mass is 79.9. The Labute approximate surface area is 352 Å². The van der Waals surface area contributed by atoms with Gasteiger partial charge in [0.05, 0.1) is 23.8 Å². The average Bonchev–Trinajstić information content (AvgIpc) is 3.22. The second-order valence-corrected chi connectivity index (χ2v) is 14.3. The molecule has 0 saturated carbocycles. The summed E-state index contributed by atoms with van der Waals surface area (Å²) in [7, 11) is -1.47. The van der Waals surface area contributed by atoms with Crippen LogP contribution in [0.15, 0.2) is 90.2 Å². The van der Waals surface area contributed by atoms with Crippen molar-refractivity contribution in [2.24, 2.45) is 0 Å². The molecule has 0 unspecified atom stereocenters. The van der Waals surface area contributed by atoms with Gasteiger partial charge in [-0.25, -0.2) is 29.9 Å². The van der Waals surface area contributed by atoms with E-state index in [9.17, 15) is 0 Å². The van der Waals surface area contributed by atoms with E-state index in [1.807, 2.05) is 25.4 Å². The van der Waals surface area contributed by atoms with Crippen LogP contribution in [0.25, 0.3) is 11.1 Å². The molecule has 2 aliphatic heterocycles. The maximum absolute atomic E-state index is 8.59. The van der Waals surface area contributed by atoms with E-state index in [1.54, 1.807) is 19.3 Å². The van der Waals surface area contributed by atoms with Crippen molar-refractivity contribution in [3.63, 3.8) is 0 Å². The number of benzene rings is 2. The predicted octanol–water partition coefficient (Wildman–Crippen LogP) is 2.56. The number of nitrogen functional groups attached to an aromatic ring is 4. The van der Waals surface area contributed by atoms with E-state index < -0.39 is 7.12 Å². The quantitative estimate of drug-likeness (QED) is 0.131. The van der Waals surface area contributed by atoms with E-state index in [0.717, 1.165) is 85.2 Å². The summed E-state index contributed by atoms with van der Waals surface area (Å²) >= 11 is 3.51. The van der Waals surface area contributed by atoms with Gasteiger partial charge < -0.3 is 52.6 Å². The van der Waals surface area contributed by atoms with Gasteiger partial charge in [-0.15, -0.1) is 0 Å². The number of anilines is 8. The van der Waals surface area contributed by atoms with Gasteiger partial charge in [0.25, 0.3) is 0 Å². The second-order valence-electron chi connectivity index (χ2n) is 13.4. The van der Waals surface area contributed by atoms with Crippen molar-refractivity contribution in [2.75, 3.05) is 94.9 Å². The molecular weight excluding hydrogens is 815 g/mol. The van der Waals surface area contributed by atoms with Crippen LogP contribution in [0.2, 0.25) is 0 Å². The van der Waals surface area contributed by atoms with Gasteiger partial charge in [-0.3, -0.25) is 0 Å². The van der Waals surface area contributed by atoms with Crippen LogP contribution in [0.1, 0.15) is 19.1 Å². The fraction of sp³-hybridized carbons (Fsp3) is 0.282. The molecule has 2 aliphatic rings. The van der Waals surface area contributed by atoms with E-state index in [0.29, 0.717) is 22.9 Å². The van der Waals surface area contributed by atoms with E-state index >= 15 is 0 Å². The molecule has 6 heterocycles. The Hall–Kier alpha value is -6.38. The summed E-state index contributed by atoms with van der Waals surface area (Å²) in [5, 5.41) is 17.2. The number of nitrogens with zero attached hydrogens (tertiary/aromatic N) is 12. The molecule has 2 fully saturated rings. The van der Waals surface area contributed by atoms with E-state index in [4.69, 9.17) is 33.0 Å². The number of aromatic nitrogens is 8. The van der Waals surface area contributed by atoms with Gasteiger partial charge in [0.1, 0.15) is 11.6 Å². The fourth-order valence-electron chi connectivity index (χ4n) is 6.34. The van der Waals surface area contributed by atoms with Crippen LogP contribution in [-0.2, 0) is 0 Å². The summed E-state index contributed by atoms with van der Waals surface area (Å²) in [5.74, 6) is 2.67. The Bertz CT molecular complexity index is 2260. The van der Waals surface area contributed by atoms with E-state index in [1.165, 1.54) is 23.8 Å². The van der Waals surface area contributed by atoms with Crippen molar-refractivity contribution in [1.29, 1.82) is 0 Å². The second kappa shape index (κ2) is 20.4. The van der Waals surface area contributed by atoms with Crippen molar-refractivity contribution < 1.29 is 10.0 Å². The number of hydrogen-bond donors (Lipinski definition) is 6. The summed E-state index contributed by atoms with van der Waals surface area (Å²) in [5.41, 5.74) is 29.6. The molecule has 18 nitrogen and oxygen atoms in total. The number of piperazine rings is 2. The molecule has 0 aliphatic carbocycles. The highest BCUT2D eigenvalue weighted by molar-refractivity contribution is 9.10. The summed E-state index contributed by atoms with van der Waals surface area (Å²) < 4.78 is 1.10. The summed E-state index contributed by atoms with van der Waals surface area (Å²) in [6, 6.07) is 16.8. The molecule has 8 rings (SSSR count). The van der Waals surface area contributed by atoms with Crippen LogP contribution < -0.4 is 48.0 Å². The number of aryl methyl sites for hydroxylation is 2. The molecule has 0 amide bonds. The van der Waals surface area contributed by atoms with Crippen LogP contribution in [-0.4, -0.2) is 109 Å². The van der Waals surface area contributed by atoms with Crippen molar-refractivity contribution >= 4 is 74.8 Å². The van der Waals surface area contributed by atoms with Crippen LogP contribution in [0.5, 0.6) is 0 Å². The number of hydrogen-bond acceptors (Lipinski definition) is 18. The van der Waals surface area contributed by atoms with Crippen molar-refractivity contribution in [1.82, 2.24) is 39.9 Å². The van der Waals surface area contributed by atoms with Crippen molar-refractivity contribution in [2.45, 2.75) is 21.3 Å². The molecule has 0 radical (unpaired) electrons. The first-order chi connectivity index (χ1) is 27.9. The molecule has 2 aromatic carbocycles. The molecule has 59 heavy (non-hydrogen) atoms. The smallest absolute Gasteiger partial charge is 0.423 e. The third kappa shape index (κ3) is 11.8. The minimum atomic E-state index is -1.47. The summed E-state index contributed by atoms with van der Waals surface area (Å²) in [6.45, 7) is 10.7. The van der Waals surface area contributed by atoms with Gasteiger partial charge in [0, 0.05) is 104 Å². The van der Waals surface area contributed by atoms with Crippen LogP contribution in [0.4, 0.5) is 46.3 Å². The van der Waals surface area contributed by atoms with Crippen LogP contribution in [0.3, 0.4) is 0 Å². The first-order valence-corrected chi connectivity index (χ1v) is 19.3. The molecule has 0 spiro atoms. The summed E-state index contributed by atoms with van der Waals surface area (Å²) in [6.07, 6.45) is 9.89. The third-order valence-corrected chi connectivity index (χ3v) is 9.97. The molecule has 6 aromatic rings. The Balaban J connectivity index is 0.000000183. The zero-order valence-corrected chi connectivity index (χ0v) is 33.9. The highest BCUT2D eigenvalue weighted by Crippen LogP contribution is 2.28. The number of nitrogens with two attached hydrogens (primary N) is 4. The Morgan fingerprint density at radius 2 is 0.966 bits per heavy atom. The zero-order chi connectivity index (χ0) is 41.2. The Morgan fingerprint density at radius 3 is 1.41 bits per heavy atom. The monoisotopic (exact) mass is 864 g/mol. The topological polar surface area (TPSA) is 261 Å². The normalized spacial score (nSPS) is 13.6. The lowest BCUT2D eigenvalue weighted by atomic mass is 9.83. The Morgan fingerprint density at radius 1 is 0.542 bits per heavy atom. The lowest BCUT2D eigenvalue weighted by Crippen LogP contribution is -2.46. The average molecular weight is 866 g/mol. The van der Waals surface area contributed by atoms with Crippen LogP contribution >= 0.6 is 15.9 Å². The predicted molar refractivity (Wildman–Crippen MR) is 240 cm³/mol. The number of rotatable bonds is 6. The minimum absolute atomic E-state index is 0. The van der Waals surface area contributed by atoms with E-state index in [-0.39, 0.29) is 19.3 Å². The lowest BCUT2D eigenvalue weighted by molar-refractivity contribution is 0.425. The van der Waals surface area contributed by atoms with Crippen LogP contribution in [0, 0.1) is 13.8 Å². The zero-order valence-electron chi connectivity index (χ0n) is 32.3. The standard InChI is InChI=1S/C19H22N8.C14H17BrN6.C5H7BN2O2.CH4/c1-13-22-10-15(11-23-13)14-3-2-4-16(9-14)26-5-7-27(8-6-26)17-12-24-19(21)25-18(17)20;15-10-2-1-3-11(8-10)20-4-6-21(7-5-20)12-9-18-14(17)19-13(12)16;1-4-7-2-5(3-8-4)6(9)10;/h2-4,9-12H,5-8H2,1H3,(H4,20,21,24,25);1-3,8-9H,4-7H2,(H4,16,17,18,19);2-3,9-10H,1H3;1H4. The SMILES string of the molecule is C.Cc1ncc(-c2cccc(N3CCN(c4cnc(N)nc4N)CC3)c2)cn1.Cc1ncc(B(O)O)cn1.Nc1ncc(N2CCN(c3cccc(Br)c3)CC2)c(N)n1. The summed E-state index contributed by atoms with van der Waals surface area (Å²) in [4.78, 5) is 41.4. The van der Waals surface area contributed by atoms with Gasteiger partial charge >= 0.3 is 7.12 Å². The van der Waals surface area contributed by atoms with Gasteiger partial charge in [-0.05, 0) is 49.7 Å². The lowest BCUT2D eigenvalue weighted by Gasteiger charge is -2.37. The minimum Gasteiger partial charge on any atom is -0.423 e. The largest absolute Gasteiger partial charge is 0.491 e. The molecule has 20 heteroatoms. The van der Waals surface area contributed by atoms with Gasteiger partial charge in [0.2, 0.25) is 11.9 Å². The van der Waals surface area contributed by atoms with E-state index in [2.05, 4.69) is 118 Å². The first kappa shape index (κ1) is 43.7. The molecular formula is C39H50BBrN16O2. The Kier molecular flexibility index (Phi) is 15.1. The van der Waals surface area contributed by atoms with Crippen molar-refractivity contribution in [3.8, 4) is 11.1 Å². The molecule has 0 bridgehead atoms. The van der Waals surface area contributed by atoms with Gasteiger partial charge in [-0.2, -0.15) is 9.97 Å². The highest BCUT2D eigenvalue weighted by Gasteiger charge is 2.22. The maximum atomic E-state index is 8.59. The molecule has 308 valence electrons.